The lowest BCUT2D eigenvalue weighted by Crippen LogP contribution is -2.37. The molecule has 2 heterocycles. The van der Waals surface area contributed by atoms with Gasteiger partial charge in [0.15, 0.2) is 0 Å². The van der Waals surface area contributed by atoms with Crippen LogP contribution < -0.4 is 5.32 Å². The minimum absolute atomic E-state index is 0.306. The monoisotopic (exact) mass is 929 g/mol. The third-order valence-electron chi connectivity index (χ3n) is 9.11. The van der Waals surface area contributed by atoms with Crippen molar-refractivity contribution in [2.75, 3.05) is 73.2 Å². The molecule has 1 aromatic heterocycles. The molecule has 1 fully saturated rings. The van der Waals surface area contributed by atoms with Gasteiger partial charge in [-0.3, -0.25) is 9.88 Å². The average molecular weight is 930 g/mol. The summed E-state index contributed by atoms with van der Waals surface area (Å²) in [5, 5.41) is 29.0. The number of aliphatic hydroxyl groups is 3. The summed E-state index contributed by atoms with van der Waals surface area (Å²) in [7, 11) is 4.23. The normalized spacial score (nSPS) is 12.7. The summed E-state index contributed by atoms with van der Waals surface area (Å²) in [5.41, 5.74) is 0.902. The van der Waals surface area contributed by atoms with Gasteiger partial charge >= 0.3 is 0 Å². The molecule has 1 saturated heterocycles. The summed E-state index contributed by atoms with van der Waals surface area (Å²) < 4.78 is 5.26. The number of morpholine rings is 1. The number of aromatic nitrogens is 1. The molecule has 0 aliphatic carbocycles. The Kier molecular flexibility index (Phi) is 60.6. The standard InChI is InChI=1S/C9H19NO.C9H13N.C9H21N.C7H17N.C7H16O.C7H16.C5H12O.C4H10O/c1-9(2)3-4-10-5-7-11-8-6-10;1-8(2)7-9-3-5-10-6-4-9;1-8(2)6-5-7-10-9(3)4;1-7(2)5-6-8(3)4;1-6(2)5-7(3,4)8;1-6(2)5-7(3)4;1-5(2)3-4-6;1-4(2)3-5/h9H,3-8H2,1-2H3;3-6,8H,7H2,1-2H3;8-10H,5-7H2,1-4H3;7H,5-6H2,1-4H3;6,8H,5H2,1-4H3;6-7H,5H2,1-4H3;5-6H,3-4H2,1-2H3;4-5H,3H2,1-2H3. The zero-order valence-electron chi connectivity index (χ0n) is 48.7. The Morgan fingerprint density at radius 3 is 1.32 bits per heavy atom. The molecule has 8 nitrogen and oxygen atoms in total. The Balaban J connectivity index is -0.000000155. The Morgan fingerprint density at radius 2 is 1.08 bits per heavy atom. The van der Waals surface area contributed by atoms with Crippen molar-refractivity contribution < 1.29 is 20.1 Å². The fourth-order valence-corrected chi connectivity index (χ4v) is 5.87. The van der Waals surface area contributed by atoms with Gasteiger partial charge in [-0.15, -0.1) is 0 Å². The van der Waals surface area contributed by atoms with Gasteiger partial charge in [-0.2, -0.15) is 0 Å². The first-order valence-electron chi connectivity index (χ1n) is 26.4. The van der Waals surface area contributed by atoms with Crippen molar-refractivity contribution in [1.82, 2.24) is 20.1 Å². The first kappa shape index (κ1) is 75.4. The number of rotatable bonds is 20. The van der Waals surface area contributed by atoms with Gasteiger partial charge in [0.25, 0.3) is 0 Å². The highest BCUT2D eigenvalue weighted by Crippen LogP contribution is 2.14. The van der Waals surface area contributed by atoms with E-state index in [4.69, 9.17) is 14.9 Å². The van der Waals surface area contributed by atoms with E-state index in [-0.39, 0.29) is 0 Å². The van der Waals surface area contributed by atoms with Crippen LogP contribution in [0, 0.1) is 53.3 Å². The molecule has 2 rings (SSSR count). The van der Waals surface area contributed by atoms with Crippen LogP contribution in [0.2, 0.25) is 0 Å². The highest BCUT2D eigenvalue weighted by Gasteiger charge is 2.13. The van der Waals surface area contributed by atoms with Crippen molar-refractivity contribution in [3.05, 3.63) is 30.1 Å². The van der Waals surface area contributed by atoms with Crippen LogP contribution in [0.25, 0.3) is 0 Å². The summed E-state index contributed by atoms with van der Waals surface area (Å²) in [4.78, 5) is 8.66. The number of nitrogens with one attached hydrogen (secondary N) is 1. The topological polar surface area (TPSA) is 101 Å². The maximum absolute atomic E-state index is 9.19. The van der Waals surface area contributed by atoms with Gasteiger partial charge in [0, 0.05) is 44.7 Å². The van der Waals surface area contributed by atoms with Gasteiger partial charge in [-0.25, -0.2) is 0 Å². The maximum Gasteiger partial charge on any atom is 0.0594 e. The van der Waals surface area contributed by atoms with Crippen LogP contribution in [0.3, 0.4) is 0 Å². The summed E-state index contributed by atoms with van der Waals surface area (Å²) in [6.07, 6.45) is 13.3. The van der Waals surface area contributed by atoms with Crippen molar-refractivity contribution in [3.63, 3.8) is 0 Å². The van der Waals surface area contributed by atoms with Crippen molar-refractivity contribution in [1.29, 1.82) is 0 Å². The van der Waals surface area contributed by atoms with E-state index in [2.05, 4.69) is 171 Å². The summed E-state index contributed by atoms with van der Waals surface area (Å²) >= 11 is 0. The van der Waals surface area contributed by atoms with Crippen LogP contribution in [0.1, 0.15) is 203 Å². The van der Waals surface area contributed by atoms with Crippen LogP contribution in [0.4, 0.5) is 0 Å². The predicted molar refractivity (Wildman–Crippen MR) is 293 cm³/mol. The molecule has 4 N–H and O–H groups in total. The molecule has 0 aromatic carbocycles. The second kappa shape index (κ2) is 52.2. The van der Waals surface area contributed by atoms with Crippen LogP contribution in [-0.4, -0.2) is 115 Å². The van der Waals surface area contributed by atoms with Crippen LogP contribution in [0.15, 0.2) is 24.5 Å². The van der Waals surface area contributed by atoms with E-state index in [1.807, 2.05) is 40.1 Å². The molecule has 8 heteroatoms. The number of pyridine rings is 1. The van der Waals surface area contributed by atoms with E-state index >= 15 is 0 Å². The van der Waals surface area contributed by atoms with Gasteiger partial charge in [-0.1, -0.05) is 138 Å². The van der Waals surface area contributed by atoms with E-state index in [9.17, 15) is 5.11 Å². The molecule has 65 heavy (non-hydrogen) atoms. The third kappa shape index (κ3) is 93.7. The molecule has 0 radical (unpaired) electrons. The Morgan fingerprint density at radius 1 is 0.631 bits per heavy atom. The summed E-state index contributed by atoms with van der Waals surface area (Å²) in [5.74, 6) is 6.70. The highest BCUT2D eigenvalue weighted by atomic mass is 16.5. The van der Waals surface area contributed by atoms with Crippen molar-refractivity contribution >= 4 is 0 Å². The lowest BCUT2D eigenvalue weighted by molar-refractivity contribution is 0.0360. The van der Waals surface area contributed by atoms with E-state index < -0.39 is 5.60 Å². The molecule has 1 aliphatic rings. The second-order valence-electron chi connectivity index (χ2n) is 23.1. The Labute approximate surface area is 410 Å². The molecular formula is C57H124N4O4. The summed E-state index contributed by atoms with van der Waals surface area (Å²) in [6.45, 7) is 55.9. The average Bonchev–Trinajstić information content (AvgIpc) is 3.15. The first-order chi connectivity index (χ1) is 29.9. The molecule has 0 unspecified atom stereocenters. The minimum Gasteiger partial charge on any atom is -0.396 e. The first-order valence-corrected chi connectivity index (χ1v) is 26.4. The Hall–Kier alpha value is -1.13. The Bertz CT molecular complexity index is 960. The van der Waals surface area contributed by atoms with Crippen LogP contribution in [0.5, 0.6) is 0 Å². The van der Waals surface area contributed by atoms with Gasteiger partial charge in [-0.05, 0) is 170 Å². The molecule has 0 saturated carbocycles. The molecule has 0 spiro atoms. The fraction of sp³-hybridized carbons (Fsp3) is 0.912. The van der Waals surface area contributed by atoms with Crippen LogP contribution >= 0.6 is 0 Å². The quantitative estimate of drug-likeness (QED) is 0.0960. The van der Waals surface area contributed by atoms with Crippen molar-refractivity contribution in [2.24, 2.45) is 53.3 Å². The molecule has 0 amide bonds. The molecule has 1 aromatic rings. The number of hydrogen-bond donors (Lipinski definition) is 4. The molecule has 1 aliphatic heterocycles. The smallest absolute Gasteiger partial charge is 0.0594 e. The molecule has 0 bridgehead atoms. The van der Waals surface area contributed by atoms with E-state index in [0.717, 1.165) is 81.1 Å². The highest BCUT2D eigenvalue weighted by molar-refractivity contribution is 5.09. The molecule has 396 valence electrons. The maximum atomic E-state index is 9.19. The number of hydrogen-bond acceptors (Lipinski definition) is 8. The number of nitrogens with zero attached hydrogens (tertiary/aromatic N) is 3. The van der Waals surface area contributed by atoms with Gasteiger partial charge < -0.3 is 30.3 Å². The second-order valence-corrected chi connectivity index (χ2v) is 23.1. The zero-order chi connectivity index (χ0) is 52.0. The molecular weight excluding hydrogens is 805 g/mol. The summed E-state index contributed by atoms with van der Waals surface area (Å²) in [6, 6.07) is 4.78. The number of aliphatic hydroxyl groups excluding tert-OH is 2. The zero-order valence-corrected chi connectivity index (χ0v) is 48.7. The van der Waals surface area contributed by atoms with E-state index in [1.54, 1.807) is 0 Å². The molecule has 0 atom stereocenters. The van der Waals surface area contributed by atoms with Crippen molar-refractivity contribution in [3.8, 4) is 0 Å². The number of ether oxygens (including phenoxy) is 1. The minimum atomic E-state index is -0.478. The SMILES string of the molecule is CC(C)CC(C)(C)O.CC(C)CC(C)C.CC(C)CCCNC(C)C.CC(C)CCN(C)C.CC(C)CCN1CCOCC1.CC(C)CCO.CC(C)CO.CC(C)Cc1ccncc1. The van der Waals surface area contributed by atoms with Crippen LogP contribution in [-0.2, 0) is 11.2 Å². The van der Waals surface area contributed by atoms with Crippen molar-refractivity contribution in [2.45, 2.75) is 215 Å². The largest absolute Gasteiger partial charge is 0.396 e. The fourth-order valence-electron chi connectivity index (χ4n) is 5.87. The van der Waals surface area contributed by atoms with E-state index in [0.29, 0.717) is 37.0 Å². The lowest BCUT2D eigenvalue weighted by atomic mass is 9.97. The van der Waals surface area contributed by atoms with Gasteiger partial charge in [0.2, 0.25) is 0 Å². The van der Waals surface area contributed by atoms with Gasteiger partial charge in [0.1, 0.15) is 0 Å². The lowest BCUT2D eigenvalue weighted by Gasteiger charge is -2.26. The predicted octanol–water partition coefficient (Wildman–Crippen LogP) is 13.8. The van der Waals surface area contributed by atoms with E-state index in [1.165, 1.54) is 57.3 Å². The third-order valence-corrected chi connectivity index (χ3v) is 9.11. The van der Waals surface area contributed by atoms with Gasteiger partial charge in [0.05, 0.1) is 18.8 Å².